The summed E-state index contributed by atoms with van der Waals surface area (Å²) in [7, 11) is 0. The lowest BCUT2D eigenvalue weighted by Crippen LogP contribution is -2.12. The standard InChI is InChI=1S/C10H11F4N.ClH/c1-2-9(15)6-3-4-7(8(11)5-6)10(12,13)14;/h3-5,9H,2,15H2,1H3;1H/t9-;/m0./s1. The lowest BCUT2D eigenvalue weighted by Gasteiger charge is -2.12. The lowest BCUT2D eigenvalue weighted by molar-refractivity contribution is -0.140. The fourth-order valence-electron chi connectivity index (χ4n) is 1.23. The fraction of sp³-hybridized carbons (Fsp3) is 0.400. The Morgan fingerprint density at radius 2 is 1.88 bits per heavy atom. The van der Waals surface area contributed by atoms with E-state index in [0.29, 0.717) is 12.0 Å². The Hall–Kier alpha value is -0.810. The normalized spacial score (nSPS) is 13.1. The minimum absolute atomic E-state index is 0. The van der Waals surface area contributed by atoms with Gasteiger partial charge < -0.3 is 5.73 Å². The fourth-order valence-corrected chi connectivity index (χ4v) is 1.23. The molecule has 0 aliphatic heterocycles. The van der Waals surface area contributed by atoms with E-state index in [0.717, 1.165) is 12.1 Å². The van der Waals surface area contributed by atoms with Gasteiger partial charge in [0.1, 0.15) is 5.82 Å². The number of alkyl halides is 3. The topological polar surface area (TPSA) is 26.0 Å². The van der Waals surface area contributed by atoms with Crippen LogP contribution in [0.3, 0.4) is 0 Å². The van der Waals surface area contributed by atoms with Crippen LogP contribution in [-0.4, -0.2) is 0 Å². The number of hydrogen-bond donors (Lipinski definition) is 1. The van der Waals surface area contributed by atoms with Crippen molar-refractivity contribution in [1.29, 1.82) is 0 Å². The number of halogens is 5. The van der Waals surface area contributed by atoms with Crippen molar-refractivity contribution in [3.8, 4) is 0 Å². The minimum atomic E-state index is -4.65. The maximum atomic E-state index is 13.1. The van der Waals surface area contributed by atoms with Gasteiger partial charge in [0.25, 0.3) is 0 Å². The predicted octanol–water partition coefficient (Wildman–Crippen LogP) is 3.68. The second-order valence-corrected chi connectivity index (χ2v) is 3.25. The molecular weight excluding hydrogens is 246 g/mol. The molecule has 0 spiro atoms. The van der Waals surface area contributed by atoms with E-state index in [-0.39, 0.29) is 12.4 Å². The van der Waals surface area contributed by atoms with Gasteiger partial charge in [-0.15, -0.1) is 12.4 Å². The van der Waals surface area contributed by atoms with Crippen molar-refractivity contribution in [2.75, 3.05) is 0 Å². The van der Waals surface area contributed by atoms with Gasteiger partial charge in [0.2, 0.25) is 0 Å². The summed E-state index contributed by atoms with van der Waals surface area (Å²) in [6, 6.07) is 2.35. The zero-order chi connectivity index (χ0) is 11.6. The van der Waals surface area contributed by atoms with Gasteiger partial charge >= 0.3 is 6.18 Å². The van der Waals surface area contributed by atoms with Gasteiger partial charge in [-0.2, -0.15) is 13.2 Å². The molecule has 0 saturated carbocycles. The van der Waals surface area contributed by atoms with Crippen LogP contribution in [0.25, 0.3) is 0 Å². The predicted molar refractivity (Wildman–Crippen MR) is 55.9 cm³/mol. The molecule has 0 bridgehead atoms. The van der Waals surface area contributed by atoms with E-state index in [4.69, 9.17) is 5.73 Å². The lowest BCUT2D eigenvalue weighted by atomic mass is 10.0. The third-order valence-corrected chi connectivity index (χ3v) is 2.17. The second kappa shape index (κ2) is 5.50. The molecule has 1 aromatic rings. The Bertz CT molecular complexity index is 351. The molecule has 0 radical (unpaired) electrons. The van der Waals surface area contributed by atoms with Crippen LogP contribution in [0.15, 0.2) is 18.2 Å². The van der Waals surface area contributed by atoms with E-state index in [1.165, 1.54) is 6.07 Å². The maximum absolute atomic E-state index is 13.1. The van der Waals surface area contributed by atoms with Gasteiger partial charge in [0, 0.05) is 6.04 Å². The van der Waals surface area contributed by atoms with Crippen LogP contribution in [0.1, 0.15) is 30.5 Å². The molecule has 0 heterocycles. The van der Waals surface area contributed by atoms with Crippen molar-refractivity contribution in [1.82, 2.24) is 0 Å². The first kappa shape index (κ1) is 15.2. The third kappa shape index (κ3) is 3.35. The highest BCUT2D eigenvalue weighted by Gasteiger charge is 2.34. The van der Waals surface area contributed by atoms with Crippen LogP contribution in [0.2, 0.25) is 0 Å². The Morgan fingerprint density at radius 3 is 2.25 bits per heavy atom. The summed E-state index contributed by atoms with van der Waals surface area (Å²) >= 11 is 0. The molecule has 1 aromatic carbocycles. The summed E-state index contributed by atoms with van der Waals surface area (Å²) in [6.45, 7) is 1.78. The average Bonchev–Trinajstić information content (AvgIpc) is 2.14. The van der Waals surface area contributed by atoms with Gasteiger partial charge in [0.05, 0.1) is 5.56 Å². The van der Waals surface area contributed by atoms with Crippen LogP contribution < -0.4 is 5.73 Å². The number of nitrogens with two attached hydrogens (primary N) is 1. The third-order valence-electron chi connectivity index (χ3n) is 2.17. The molecule has 0 fully saturated rings. The van der Waals surface area contributed by atoms with Gasteiger partial charge in [-0.1, -0.05) is 13.0 Å². The molecule has 0 aliphatic carbocycles. The van der Waals surface area contributed by atoms with Crippen molar-refractivity contribution < 1.29 is 17.6 Å². The van der Waals surface area contributed by atoms with Crippen LogP contribution in [0.5, 0.6) is 0 Å². The highest BCUT2D eigenvalue weighted by atomic mass is 35.5. The SMILES string of the molecule is CC[C@H](N)c1ccc(C(F)(F)F)c(F)c1.Cl. The van der Waals surface area contributed by atoms with Gasteiger partial charge in [-0.3, -0.25) is 0 Å². The molecule has 6 heteroatoms. The summed E-state index contributed by atoms with van der Waals surface area (Å²) < 4.78 is 49.6. The summed E-state index contributed by atoms with van der Waals surface area (Å²) in [5.74, 6) is -1.27. The van der Waals surface area contributed by atoms with Gasteiger partial charge in [-0.25, -0.2) is 4.39 Å². The maximum Gasteiger partial charge on any atom is 0.419 e. The highest BCUT2D eigenvalue weighted by molar-refractivity contribution is 5.85. The van der Waals surface area contributed by atoms with Crippen molar-refractivity contribution in [3.63, 3.8) is 0 Å². The van der Waals surface area contributed by atoms with Crippen LogP contribution >= 0.6 is 12.4 Å². The monoisotopic (exact) mass is 257 g/mol. The van der Waals surface area contributed by atoms with Gasteiger partial charge in [-0.05, 0) is 24.1 Å². The molecule has 0 amide bonds. The summed E-state index contributed by atoms with van der Waals surface area (Å²) in [6.07, 6.45) is -4.11. The van der Waals surface area contributed by atoms with E-state index in [2.05, 4.69) is 0 Å². The molecule has 1 rings (SSSR count). The first-order valence-corrected chi connectivity index (χ1v) is 4.48. The van der Waals surface area contributed by atoms with E-state index < -0.39 is 23.6 Å². The molecule has 1 atom stereocenters. The molecule has 0 aromatic heterocycles. The Labute approximate surface area is 97.0 Å². The Morgan fingerprint density at radius 1 is 1.31 bits per heavy atom. The van der Waals surface area contributed by atoms with E-state index in [1.807, 2.05) is 0 Å². The smallest absolute Gasteiger partial charge is 0.324 e. The number of benzene rings is 1. The average molecular weight is 258 g/mol. The zero-order valence-electron chi connectivity index (χ0n) is 8.51. The molecule has 92 valence electrons. The van der Waals surface area contributed by atoms with Crippen LogP contribution in [-0.2, 0) is 6.18 Å². The largest absolute Gasteiger partial charge is 0.419 e. The first-order valence-electron chi connectivity index (χ1n) is 4.48. The van der Waals surface area contributed by atoms with Gasteiger partial charge in [0.15, 0.2) is 0 Å². The summed E-state index contributed by atoms with van der Waals surface area (Å²) in [5, 5.41) is 0. The van der Waals surface area contributed by atoms with E-state index >= 15 is 0 Å². The van der Waals surface area contributed by atoms with Crippen molar-refractivity contribution in [2.45, 2.75) is 25.6 Å². The first-order chi connectivity index (χ1) is 6.86. The molecule has 16 heavy (non-hydrogen) atoms. The second-order valence-electron chi connectivity index (χ2n) is 3.25. The van der Waals surface area contributed by atoms with Crippen LogP contribution in [0.4, 0.5) is 17.6 Å². The summed E-state index contributed by atoms with van der Waals surface area (Å²) in [4.78, 5) is 0. The van der Waals surface area contributed by atoms with Crippen LogP contribution in [0, 0.1) is 5.82 Å². The molecule has 2 N–H and O–H groups in total. The van der Waals surface area contributed by atoms with E-state index in [1.54, 1.807) is 6.92 Å². The minimum Gasteiger partial charge on any atom is -0.324 e. The Kier molecular flexibility index (Phi) is 5.22. The highest BCUT2D eigenvalue weighted by Crippen LogP contribution is 2.32. The van der Waals surface area contributed by atoms with Crippen molar-refractivity contribution in [2.24, 2.45) is 5.73 Å². The molecule has 0 unspecified atom stereocenters. The van der Waals surface area contributed by atoms with Crippen molar-refractivity contribution in [3.05, 3.63) is 35.1 Å². The summed E-state index contributed by atoms with van der Waals surface area (Å²) in [5.41, 5.74) is 4.70. The van der Waals surface area contributed by atoms with Crippen molar-refractivity contribution >= 4 is 12.4 Å². The zero-order valence-corrected chi connectivity index (χ0v) is 9.33. The quantitative estimate of drug-likeness (QED) is 0.804. The molecular formula is C10H12ClF4N. The molecule has 0 aliphatic rings. The number of hydrogen-bond acceptors (Lipinski definition) is 1. The number of rotatable bonds is 2. The Balaban J connectivity index is 0.00000225. The molecule has 0 saturated heterocycles. The van der Waals surface area contributed by atoms with E-state index in [9.17, 15) is 17.6 Å². The molecule has 1 nitrogen and oxygen atoms in total.